The van der Waals surface area contributed by atoms with Crippen LogP contribution in [-0.4, -0.2) is 52.2 Å². The zero-order valence-electron chi connectivity index (χ0n) is 12.3. The lowest BCUT2D eigenvalue weighted by molar-refractivity contribution is -0.383. The normalized spacial score (nSPS) is 15.0. The predicted octanol–water partition coefficient (Wildman–Crippen LogP) is 2.59. The molecule has 2 N–H and O–H groups in total. The number of fused-ring (bicyclic) bond motifs is 1. The average Bonchev–Trinajstić information content (AvgIpc) is 2.93. The number of thiophene rings is 1. The number of ether oxygens (including phenoxy) is 1. The van der Waals surface area contributed by atoms with Gasteiger partial charge >= 0.3 is 5.69 Å². The summed E-state index contributed by atoms with van der Waals surface area (Å²) in [6, 6.07) is 1.25. The molecule has 128 valence electrons. The average molecular weight is 417 g/mol. The highest BCUT2D eigenvalue weighted by Crippen LogP contribution is 2.47. The van der Waals surface area contributed by atoms with Gasteiger partial charge in [0.2, 0.25) is 5.75 Å². The largest absolute Gasteiger partial charge is 0.504 e. The first-order valence-electron chi connectivity index (χ1n) is 7.03. The van der Waals surface area contributed by atoms with Gasteiger partial charge in [0.05, 0.1) is 23.0 Å². The maximum absolute atomic E-state index is 12.8. The number of phenols is 2. The van der Waals surface area contributed by atoms with Crippen molar-refractivity contribution >= 4 is 48.9 Å². The van der Waals surface area contributed by atoms with E-state index in [0.717, 1.165) is 11.3 Å². The SMILES string of the molecule is O=C(c1sc2c([N+](=O)[O-])c(O)c(O)cc2c1CBr)N1CCOCC1. The van der Waals surface area contributed by atoms with E-state index in [0.29, 0.717) is 47.5 Å². The molecule has 1 amide bonds. The Morgan fingerprint density at radius 1 is 1.42 bits per heavy atom. The van der Waals surface area contributed by atoms with Crippen molar-refractivity contribution < 1.29 is 24.7 Å². The van der Waals surface area contributed by atoms with Crippen molar-refractivity contribution in [2.75, 3.05) is 26.3 Å². The molecule has 10 heteroatoms. The lowest BCUT2D eigenvalue weighted by Gasteiger charge is -2.26. The Balaban J connectivity index is 2.20. The van der Waals surface area contributed by atoms with Crippen LogP contribution in [0.15, 0.2) is 6.07 Å². The van der Waals surface area contributed by atoms with Crippen molar-refractivity contribution in [3.63, 3.8) is 0 Å². The third-order valence-corrected chi connectivity index (χ3v) is 5.62. The van der Waals surface area contributed by atoms with Crippen LogP contribution in [0.2, 0.25) is 0 Å². The van der Waals surface area contributed by atoms with Gasteiger partial charge in [-0.1, -0.05) is 15.9 Å². The summed E-state index contributed by atoms with van der Waals surface area (Å²) in [5.41, 5.74) is -0.0249. The van der Waals surface area contributed by atoms with Crippen molar-refractivity contribution in [3.05, 3.63) is 26.6 Å². The number of nitrogens with zero attached hydrogens (tertiary/aromatic N) is 2. The van der Waals surface area contributed by atoms with Gasteiger partial charge in [0, 0.05) is 23.8 Å². The predicted molar refractivity (Wildman–Crippen MR) is 91.2 cm³/mol. The summed E-state index contributed by atoms with van der Waals surface area (Å²) in [5, 5.41) is 31.6. The van der Waals surface area contributed by atoms with Crippen LogP contribution in [-0.2, 0) is 10.1 Å². The topological polar surface area (TPSA) is 113 Å². The number of morpholine rings is 1. The monoisotopic (exact) mass is 416 g/mol. The molecular formula is C14H13BrN2O6S. The third-order valence-electron chi connectivity index (χ3n) is 3.82. The van der Waals surface area contributed by atoms with Crippen molar-refractivity contribution in [1.82, 2.24) is 4.90 Å². The number of nitro groups is 1. The van der Waals surface area contributed by atoms with E-state index < -0.39 is 22.1 Å². The fraction of sp³-hybridized carbons (Fsp3) is 0.357. The molecule has 1 fully saturated rings. The second kappa shape index (κ2) is 6.54. The van der Waals surface area contributed by atoms with E-state index in [1.54, 1.807) is 4.90 Å². The van der Waals surface area contributed by atoms with Crippen molar-refractivity contribution in [3.8, 4) is 11.5 Å². The molecule has 2 heterocycles. The van der Waals surface area contributed by atoms with Gasteiger partial charge in [-0.15, -0.1) is 11.3 Å². The van der Waals surface area contributed by atoms with Crippen LogP contribution in [0.4, 0.5) is 5.69 Å². The number of benzene rings is 1. The molecule has 8 nitrogen and oxygen atoms in total. The summed E-state index contributed by atoms with van der Waals surface area (Å²) in [6.45, 7) is 1.80. The van der Waals surface area contributed by atoms with Crippen molar-refractivity contribution in [1.29, 1.82) is 0 Å². The first kappa shape index (κ1) is 16.9. The number of phenolic OH excluding ortho intramolecular Hbond substituents is 2. The van der Waals surface area contributed by atoms with Crippen LogP contribution >= 0.6 is 27.3 Å². The zero-order chi connectivity index (χ0) is 17.4. The number of rotatable bonds is 3. The molecule has 24 heavy (non-hydrogen) atoms. The molecule has 0 saturated carbocycles. The van der Waals surface area contributed by atoms with Gasteiger partial charge in [0.1, 0.15) is 4.70 Å². The zero-order valence-corrected chi connectivity index (χ0v) is 14.7. The Kier molecular flexibility index (Phi) is 4.61. The molecule has 0 unspecified atom stereocenters. The maximum atomic E-state index is 12.8. The Bertz CT molecular complexity index is 831. The molecular weight excluding hydrogens is 404 g/mol. The van der Waals surface area contributed by atoms with E-state index in [1.807, 2.05) is 0 Å². The number of carbonyl (C=O) groups is 1. The first-order chi connectivity index (χ1) is 11.5. The van der Waals surface area contributed by atoms with Gasteiger partial charge in [0.15, 0.2) is 5.75 Å². The van der Waals surface area contributed by atoms with E-state index in [-0.39, 0.29) is 10.6 Å². The number of hydrogen-bond donors (Lipinski definition) is 2. The quantitative estimate of drug-likeness (QED) is 0.344. The molecule has 1 aromatic carbocycles. The van der Waals surface area contributed by atoms with Crippen LogP contribution in [0.5, 0.6) is 11.5 Å². The van der Waals surface area contributed by atoms with Crippen LogP contribution in [0, 0.1) is 10.1 Å². The van der Waals surface area contributed by atoms with Gasteiger partial charge in [-0.2, -0.15) is 0 Å². The molecule has 3 rings (SSSR count). The van der Waals surface area contributed by atoms with Crippen LogP contribution in [0.3, 0.4) is 0 Å². The van der Waals surface area contributed by atoms with E-state index in [9.17, 15) is 25.1 Å². The lowest BCUT2D eigenvalue weighted by atomic mass is 10.1. The number of nitro benzene ring substituents is 1. The highest BCUT2D eigenvalue weighted by atomic mass is 79.9. The highest BCUT2D eigenvalue weighted by Gasteiger charge is 2.30. The lowest BCUT2D eigenvalue weighted by Crippen LogP contribution is -2.40. The fourth-order valence-corrected chi connectivity index (χ4v) is 4.68. The molecule has 1 aliphatic rings. The molecule has 0 radical (unpaired) electrons. The van der Waals surface area contributed by atoms with Gasteiger partial charge in [-0.3, -0.25) is 14.9 Å². The first-order valence-corrected chi connectivity index (χ1v) is 8.97. The molecule has 1 saturated heterocycles. The van der Waals surface area contributed by atoms with Crippen molar-refractivity contribution in [2.24, 2.45) is 0 Å². The minimum Gasteiger partial charge on any atom is -0.504 e. The summed E-state index contributed by atoms with van der Waals surface area (Å²) >= 11 is 4.26. The number of hydrogen-bond acceptors (Lipinski definition) is 7. The number of carbonyl (C=O) groups excluding carboxylic acids is 1. The number of alkyl halides is 1. The standard InChI is InChI=1S/C14H13BrN2O6S/c15-6-8-7-5-9(18)11(19)10(17(21)22)12(7)24-13(8)14(20)16-1-3-23-4-2-16/h5,18-19H,1-4,6H2. The summed E-state index contributed by atoms with van der Waals surface area (Å²) in [7, 11) is 0. The van der Waals surface area contributed by atoms with Gasteiger partial charge in [-0.05, 0) is 11.6 Å². The molecule has 0 spiro atoms. The Hall–Kier alpha value is -1.91. The minimum absolute atomic E-state index is 0.168. The molecule has 0 aliphatic carbocycles. The molecule has 1 aliphatic heterocycles. The Morgan fingerprint density at radius 2 is 2.08 bits per heavy atom. The number of halogens is 1. The second-order valence-electron chi connectivity index (χ2n) is 5.17. The van der Waals surface area contributed by atoms with Gasteiger partial charge in [-0.25, -0.2) is 0 Å². The summed E-state index contributed by atoms with van der Waals surface area (Å²) in [6.07, 6.45) is 0. The smallest absolute Gasteiger partial charge is 0.332 e. The van der Waals surface area contributed by atoms with Crippen LogP contribution in [0.25, 0.3) is 10.1 Å². The second-order valence-corrected chi connectivity index (χ2v) is 6.76. The maximum Gasteiger partial charge on any atom is 0.332 e. The van der Waals surface area contributed by atoms with Crippen LogP contribution in [0.1, 0.15) is 15.2 Å². The number of aromatic hydroxyl groups is 2. The van der Waals surface area contributed by atoms with Gasteiger partial charge in [0.25, 0.3) is 5.91 Å². The highest BCUT2D eigenvalue weighted by molar-refractivity contribution is 9.08. The molecule has 0 atom stereocenters. The van der Waals surface area contributed by atoms with E-state index >= 15 is 0 Å². The van der Waals surface area contributed by atoms with Crippen LogP contribution < -0.4 is 0 Å². The summed E-state index contributed by atoms with van der Waals surface area (Å²) in [4.78, 5) is 25.3. The van der Waals surface area contributed by atoms with Gasteiger partial charge < -0.3 is 19.8 Å². The summed E-state index contributed by atoms with van der Waals surface area (Å²) in [5.74, 6) is -1.61. The molecule has 1 aromatic heterocycles. The Labute approximate surface area is 148 Å². The van der Waals surface area contributed by atoms with E-state index in [2.05, 4.69) is 15.9 Å². The third kappa shape index (κ3) is 2.70. The Morgan fingerprint density at radius 3 is 2.67 bits per heavy atom. The minimum atomic E-state index is -0.791. The van der Waals surface area contributed by atoms with E-state index in [4.69, 9.17) is 4.74 Å². The van der Waals surface area contributed by atoms with Crippen molar-refractivity contribution in [2.45, 2.75) is 5.33 Å². The van der Waals surface area contributed by atoms with E-state index in [1.165, 1.54) is 6.07 Å². The fourth-order valence-electron chi connectivity index (χ4n) is 2.63. The molecule has 0 bridgehead atoms. The summed E-state index contributed by atoms with van der Waals surface area (Å²) < 4.78 is 5.40. The molecule has 2 aromatic rings. The number of amides is 1.